The van der Waals surface area contributed by atoms with Crippen molar-refractivity contribution in [3.8, 4) is 0 Å². The fourth-order valence-corrected chi connectivity index (χ4v) is 4.13. The molecule has 2 heterocycles. The van der Waals surface area contributed by atoms with Crippen molar-refractivity contribution in [2.75, 3.05) is 16.8 Å². The number of carbonyl (C=O) groups is 2. The highest BCUT2D eigenvalue weighted by atomic mass is 32.1. The van der Waals surface area contributed by atoms with Crippen LogP contribution in [0.25, 0.3) is 10.1 Å². The quantitative estimate of drug-likeness (QED) is 0.751. The van der Waals surface area contributed by atoms with E-state index < -0.39 is 0 Å². The Bertz CT molecular complexity index is 944. The number of hydrogen-bond acceptors (Lipinski definition) is 3. The van der Waals surface area contributed by atoms with Crippen LogP contribution in [0.15, 0.2) is 48.5 Å². The third kappa shape index (κ3) is 3.03. The van der Waals surface area contributed by atoms with Gasteiger partial charge in [0.05, 0.1) is 4.88 Å². The van der Waals surface area contributed by atoms with Gasteiger partial charge in [-0.05, 0) is 48.6 Å². The SMILES string of the molecule is Cc1ccc(NC(=O)c2cc3ccccc3s2)cc1N1CCCC1=O. The van der Waals surface area contributed by atoms with Crippen molar-refractivity contribution < 1.29 is 9.59 Å². The molecule has 0 bridgehead atoms. The van der Waals surface area contributed by atoms with Gasteiger partial charge in [0.25, 0.3) is 5.91 Å². The number of rotatable bonds is 3. The zero-order chi connectivity index (χ0) is 17.4. The summed E-state index contributed by atoms with van der Waals surface area (Å²) in [5, 5.41) is 4.03. The second-order valence-corrected chi connectivity index (χ2v) is 7.34. The average molecular weight is 350 g/mol. The summed E-state index contributed by atoms with van der Waals surface area (Å²) in [5.74, 6) is 0.0276. The molecule has 2 aromatic carbocycles. The molecule has 3 aromatic rings. The van der Waals surface area contributed by atoms with E-state index in [0.717, 1.165) is 34.3 Å². The molecule has 0 spiro atoms. The molecule has 0 saturated carbocycles. The molecular formula is C20H18N2O2S. The zero-order valence-electron chi connectivity index (χ0n) is 13.9. The van der Waals surface area contributed by atoms with Crippen molar-refractivity contribution in [1.29, 1.82) is 0 Å². The summed E-state index contributed by atoms with van der Waals surface area (Å²) in [7, 11) is 0. The largest absolute Gasteiger partial charge is 0.321 e. The summed E-state index contributed by atoms with van der Waals surface area (Å²) in [4.78, 5) is 27.1. The van der Waals surface area contributed by atoms with Gasteiger partial charge in [-0.2, -0.15) is 0 Å². The van der Waals surface area contributed by atoms with E-state index in [1.807, 2.05) is 60.4 Å². The van der Waals surface area contributed by atoms with Crippen LogP contribution in [0.1, 0.15) is 28.1 Å². The maximum atomic E-state index is 12.6. The van der Waals surface area contributed by atoms with E-state index in [2.05, 4.69) is 5.32 Å². The van der Waals surface area contributed by atoms with Crippen LogP contribution < -0.4 is 10.2 Å². The van der Waals surface area contributed by atoms with E-state index in [-0.39, 0.29) is 11.8 Å². The Kier molecular flexibility index (Phi) is 4.01. The standard InChI is InChI=1S/C20H18N2O2S/c1-13-8-9-15(12-16(13)22-10-4-7-19(22)23)21-20(24)18-11-14-5-2-3-6-17(14)25-18/h2-3,5-6,8-9,11-12H,4,7,10H2,1H3,(H,21,24). The van der Waals surface area contributed by atoms with Gasteiger partial charge >= 0.3 is 0 Å². The molecule has 4 nitrogen and oxygen atoms in total. The second-order valence-electron chi connectivity index (χ2n) is 6.25. The topological polar surface area (TPSA) is 49.4 Å². The first-order valence-corrected chi connectivity index (χ1v) is 9.14. The molecule has 0 aliphatic carbocycles. The summed E-state index contributed by atoms with van der Waals surface area (Å²) >= 11 is 1.48. The molecule has 0 atom stereocenters. The molecule has 0 radical (unpaired) electrons. The minimum absolute atomic E-state index is 0.122. The normalized spacial score (nSPS) is 14.3. The molecule has 25 heavy (non-hydrogen) atoms. The van der Waals surface area contributed by atoms with Crippen molar-refractivity contribution in [3.63, 3.8) is 0 Å². The van der Waals surface area contributed by atoms with E-state index in [4.69, 9.17) is 0 Å². The summed E-state index contributed by atoms with van der Waals surface area (Å²) in [6, 6.07) is 15.6. The van der Waals surface area contributed by atoms with Gasteiger partial charge in [0, 0.05) is 29.0 Å². The molecule has 1 saturated heterocycles. The predicted octanol–water partition coefficient (Wildman–Crippen LogP) is 4.59. The van der Waals surface area contributed by atoms with E-state index in [1.54, 1.807) is 0 Å². The lowest BCUT2D eigenvalue weighted by molar-refractivity contribution is -0.117. The number of amides is 2. The Labute approximate surface area is 150 Å². The molecule has 0 unspecified atom stereocenters. The van der Waals surface area contributed by atoms with Crippen LogP contribution >= 0.6 is 11.3 Å². The van der Waals surface area contributed by atoms with Crippen LogP contribution in [0.3, 0.4) is 0 Å². The van der Waals surface area contributed by atoms with Gasteiger partial charge in [0.2, 0.25) is 5.91 Å². The highest BCUT2D eigenvalue weighted by Gasteiger charge is 2.23. The summed E-state index contributed by atoms with van der Waals surface area (Å²) in [6.45, 7) is 2.73. The van der Waals surface area contributed by atoms with Crippen molar-refractivity contribution in [2.45, 2.75) is 19.8 Å². The van der Waals surface area contributed by atoms with Crippen LogP contribution in [-0.2, 0) is 4.79 Å². The van der Waals surface area contributed by atoms with Crippen molar-refractivity contribution in [1.82, 2.24) is 0 Å². The van der Waals surface area contributed by atoms with E-state index in [0.29, 0.717) is 17.0 Å². The van der Waals surface area contributed by atoms with Crippen LogP contribution in [0, 0.1) is 6.92 Å². The second kappa shape index (κ2) is 6.33. The first-order valence-electron chi connectivity index (χ1n) is 8.33. The van der Waals surface area contributed by atoms with Crippen molar-refractivity contribution >= 4 is 44.6 Å². The first-order chi connectivity index (χ1) is 12.1. The van der Waals surface area contributed by atoms with Crippen LogP contribution in [0.5, 0.6) is 0 Å². The van der Waals surface area contributed by atoms with Crippen molar-refractivity contribution in [3.05, 3.63) is 59.0 Å². The Morgan fingerprint density at radius 2 is 2.00 bits per heavy atom. The maximum Gasteiger partial charge on any atom is 0.265 e. The fourth-order valence-electron chi connectivity index (χ4n) is 3.17. The smallest absolute Gasteiger partial charge is 0.265 e. The summed E-state index contributed by atoms with van der Waals surface area (Å²) in [6.07, 6.45) is 1.48. The van der Waals surface area contributed by atoms with Crippen LogP contribution in [0.2, 0.25) is 0 Å². The van der Waals surface area contributed by atoms with Crippen LogP contribution in [-0.4, -0.2) is 18.4 Å². The highest BCUT2D eigenvalue weighted by molar-refractivity contribution is 7.20. The average Bonchev–Trinajstić information content (AvgIpc) is 3.22. The molecular weight excluding hydrogens is 332 g/mol. The molecule has 1 aromatic heterocycles. The Morgan fingerprint density at radius 1 is 1.16 bits per heavy atom. The van der Waals surface area contributed by atoms with E-state index >= 15 is 0 Å². The summed E-state index contributed by atoms with van der Waals surface area (Å²) in [5.41, 5.74) is 2.63. The Morgan fingerprint density at radius 3 is 2.76 bits per heavy atom. The molecule has 126 valence electrons. The molecule has 2 amide bonds. The molecule has 4 rings (SSSR count). The van der Waals surface area contributed by atoms with Gasteiger partial charge in [0.15, 0.2) is 0 Å². The number of aryl methyl sites for hydroxylation is 1. The molecule has 5 heteroatoms. The number of carbonyl (C=O) groups excluding carboxylic acids is 2. The van der Waals surface area contributed by atoms with Crippen LogP contribution in [0.4, 0.5) is 11.4 Å². The number of nitrogens with one attached hydrogen (secondary N) is 1. The van der Waals surface area contributed by atoms with E-state index in [9.17, 15) is 9.59 Å². The third-order valence-electron chi connectivity index (χ3n) is 4.48. The van der Waals surface area contributed by atoms with Crippen molar-refractivity contribution in [2.24, 2.45) is 0 Å². The maximum absolute atomic E-state index is 12.6. The van der Waals surface area contributed by atoms with Gasteiger partial charge in [0.1, 0.15) is 0 Å². The van der Waals surface area contributed by atoms with Gasteiger partial charge in [-0.1, -0.05) is 24.3 Å². The first kappa shape index (κ1) is 15.8. The van der Waals surface area contributed by atoms with E-state index in [1.165, 1.54) is 11.3 Å². The summed E-state index contributed by atoms with van der Waals surface area (Å²) < 4.78 is 1.10. The molecule has 1 fully saturated rings. The van der Waals surface area contributed by atoms with Gasteiger partial charge in [-0.25, -0.2) is 0 Å². The molecule has 1 N–H and O–H groups in total. The molecule has 1 aliphatic heterocycles. The molecule has 1 aliphatic rings. The highest BCUT2D eigenvalue weighted by Crippen LogP contribution is 2.29. The number of benzene rings is 2. The van der Waals surface area contributed by atoms with Gasteiger partial charge in [-0.15, -0.1) is 11.3 Å². The Hall–Kier alpha value is -2.66. The number of nitrogens with zero attached hydrogens (tertiary/aromatic N) is 1. The lowest BCUT2D eigenvalue weighted by Gasteiger charge is -2.19. The predicted molar refractivity (Wildman–Crippen MR) is 103 cm³/mol. The zero-order valence-corrected chi connectivity index (χ0v) is 14.7. The lowest BCUT2D eigenvalue weighted by Crippen LogP contribution is -2.24. The van der Waals surface area contributed by atoms with Gasteiger partial charge in [-0.3, -0.25) is 9.59 Å². The number of anilines is 2. The minimum atomic E-state index is -0.122. The fraction of sp³-hybridized carbons (Fsp3) is 0.200. The Balaban J connectivity index is 1.59. The number of hydrogen-bond donors (Lipinski definition) is 1. The van der Waals surface area contributed by atoms with Gasteiger partial charge < -0.3 is 10.2 Å². The number of fused-ring (bicyclic) bond motifs is 1. The lowest BCUT2D eigenvalue weighted by atomic mass is 10.1. The third-order valence-corrected chi connectivity index (χ3v) is 5.60. The number of thiophene rings is 1. The minimum Gasteiger partial charge on any atom is -0.321 e. The monoisotopic (exact) mass is 350 g/mol.